The van der Waals surface area contributed by atoms with E-state index in [0.717, 1.165) is 28.5 Å². The van der Waals surface area contributed by atoms with Crippen LogP contribution in [0.1, 0.15) is 11.3 Å². The largest absolute Gasteiger partial charge is 0.478 e. The highest BCUT2D eigenvalue weighted by Crippen LogP contribution is 2.25. The van der Waals surface area contributed by atoms with E-state index in [1.807, 2.05) is 23.8 Å². The average molecular weight is 299 g/mol. The van der Waals surface area contributed by atoms with Gasteiger partial charge in [-0.25, -0.2) is 9.18 Å². The third kappa shape index (κ3) is 2.28. The molecule has 0 saturated heterocycles. The van der Waals surface area contributed by atoms with Crippen LogP contribution in [0, 0.1) is 12.7 Å². The van der Waals surface area contributed by atoms with Gasteiger partial charge in [0.25, 0.3) is 0 Å². The summed E-state index contributed by atoms with van der Waals surface area (Å²) in [5.74, 6) is -0.581. The standard InChI is InChI=1S/C16H14FN3O2/c1-10-13(4-6-15(21)22)16(19(2)18-10)20-8-7-11-9-12(17)3-5-14(11)20/h3-9H,1-2H3,(H,21,22)/b6-4+. The van der Waals surface area contributed by atoms with Gasteiger partial charge in [-0.05, 0) is 37.3 Å². The van der Waals surface area contributed by atoms with Crippen molar-refractivity contribution in [2.45, 2.75) is 6.92 Å². The Balaban J connectivity index is 2.24. The molecule has 0 aliphatic rings. The van der Waals surface area contributed by atoms with Crippen molar-refractivity contribution in [3.63, 3.8) is 0 Å². The van der Waals surface area contributed by atoms with Crippen LogP contribution in [0.5, 0.6) is 0 Å². The summed E-state index contributed by atoms with van der Waals surface area (Å²) in [6.45, 7) is 1.82. The van der Waals surface area contributed by atoms with Gasteiger partial charge >= 0.3 is 5.97 Å². The number of fused-ring (bicyclic) bond motifs is 1. The number of benzene rings is 1. The third-order valence-corrected chi connectivity index (χ3v) is 3.51. The second-order valence-corrected chi connectivity index (χ2v) is 5.01. The minimum absolute atomic E-state index is 0.294. The van der Waals surface area contributed by atoms with Gasteiger partial charge in [0.2, 0.25) is 0 Å². The number of aromatic nitrogens is 3. The van der Waals surface area contributed by atoms with Crippen LogP contribution >= 0.6 is 0 Å². The van der Waals surface area contributed by atoms with E-state index in [9.17, 15) is 9.18 Å². The summed E-state index contributed by atoms with van der Waals surface area (Å²) in [6, 6.07) is 6.36. The highest BCUT2D eigenvalue weighted by Gasteiger charge is 2.15. The molecule has 2 aromatic heterocycles. The molecule has 0 amide bonds. The summed E-state index contributed by atoms with van der Waals surface area (Å²) >= 11 is 0. The smallest absolute Gasteiger partial charge is 0.328 e. The van der Waals surface area contributed by atoms with Gasteiger partial charge < -0.3 is 9.67 Å². The van der Waals surface area contributed by atoms with Crippen molar-refractivity contribution in [2.24, 2.45) is 7.05 Å². The minimum atomic E-state index is -1.02. The first-order valence-corrected chi connectivity index (χ1v) is 6.69. The van der Waals surface area contributed by atoms with E-state index in [4.69, 9.17) is 5.11 Å². The number of hydrogen-bond donors (Lipinski definition) is 1. The first kappa shape index (κ1) is 14.1. The molecule has 0 aliphatic heterocycles. The van der Waals surface area contributed by atoms with Gasteiger partial charge in [-0.1, -0.05) is 0 Å². The second-order valence-electron chi connectivity index (χ2n) is 5.01. The molecule has 0 radical (unpaired) electrons. The quantitative estimate of drug-likeness (QED) is 0.756. The lowest BCUT2D eigenvalue weighted by atomic mass is 10.2. The molecule has 5 nitrogen and oxygen atoms in total. The van der Waals surface area contributed by atoms with Crippen molar-refractivity contribution < 1.29 is 14.3 Å². The number of aliphatic carboxylic acids is 1. The van der Waals surface area contributed by atoms with E-state index in [1.54, 1.807) is 17.8 Å². The predicted molar refractivity (Wildman–Crippen MR) is 81.4 cm³/mol. The third-order valence-electron chi connectivity index (χ3n) is 3.51. The molecule has 22 heavy (non-hydrogen) atoms. The predicted octanol–water partition coefficient (Wildman–Crippen LogP) is 2.91. The van der Waals surface area contributed by atoms with Crippen molar-refractivity contribution >= 4 is 22.9 Å². The number of carboxylic acids is 1. The number of aryl methyl sites for hydroxylation is 2. The Morgan fingerprint density at radius 2 is 2.14 bits per heavy atom. The number of halogens is 1. The van der Waals surface area contributed by atoms with E-state index < -0.39 is 5.97 Å². The van der Waals surface area contributed by atoms with Crippen molar-refractivity contribution in [1.82, 2.24) is 14.3 Å². The topological polar surface area (TPSA) is 60.0 Å². The molecule has 0 aliphatic carbocycles. The van der Waals surface area contributed by atoms with Gasteiger partial charge in [-0.3, -0.25) is 4.68 Å². The first-order chi connectivity index (χ1) is 10.5. The second kappa shape index (κ2) is 5.14. The van der Waals surface area contributed by atoms with Gasteiger partial charge in [0.1, 0.15) is 11.6 Å². The molecule has 1 N–H and O–H groups in total. The fourth-order valence-corrected chi connectivity index (χ4v) is 2.60. The van der Waals surface area contributed by atoms with Crippen LogP contribution in [-0.2, 0) is 11.8 Å². The monoisotopic (exact) mass is 299 g/mol. The number of hydrogen-bond acceptors (Lipinski definition) is 2. The van der Waals surface area contributed by atoms with Gasteiger partial charge in [0.15, 0.2) is 0 Å². The van der Waals surface area contributed by atoms with Crippen LogP contribution in [0.15, 0.2) is 36.5 Å². The van der Waals surface area contributed by atoms with Crippen LogP contribution < -0.4 is 0 Å². The van der Waals surface area contributed by atoms with Crippen molar-refractivity contribution in [3.05, 3.63) is 53.6 Å². The number of carbonyl (C=O) groups is 1. The summed E-state index contributed by atoms with van der Waals surface area (Å²) in [5, 5.41) is 14.0. The minimum Gasteiger partial charge on any atom is -0.478 e. The number of rotatable bonds is 3. The molecule has 3 aromatic rings. The van der Waals surface area contributed by atoms with Gasteiger partial charge in [0, 0.05) is 30.3 Å². The fourth-order valence-electron chi connectivity index (χ4n) is 2.60. The molecule has 112 valence electrons. The molecule has 6 heteroatoms. The van der Waals surface area contributed by atoms with Crippen molar-refractivity contribution in [2.75, 3.05) is 0 Å². The molecule has 2 heterocycles. The molecule has 0 saturated carbocycles. The van der Waals surface area contributed by atoms with Crippen LogP contribution in [0.3, 0.4) is 0 Å². The van der Waals surface area contributed by atoms with E-state index in [-0.39, 0.29) is 5.82 Å². The molecule has 0 fully saturated rings. The van der Waals surface area contributed by atoms with Gasteiger partial charge in [-0.15, -0.1) is 0 Å². The number of carboxylic acid groups (broad SMARTS) is 1. The van der Waals surface area contributed by atoms with Crippen LogP contribution in [0.25, 0.3) is 22.8 Å². The first-order valence-electron chi connectivity index (χ1n) is 6.69. The lowest BCUT2D eigenvalue weighted by Crippen LogP contribution is -2.03. The van der Waals surface area contributed by atoms with E-state index in [2.05, 4.69) is 5.10 Å². The maximum atomic E-state index is 13.3. The molecule has 0 spiro atoms. The highest BCUT2D eigenvalue weighted by atomic mass is 19.1. The van der Waals surface area contributed by atoms with E-state index in [1.165, 1.54) is 18.2 Å². The Morgan fingerprint density at radius 3 is 2.86 bits per heavy atom. The molecular weight excluding hydrogens is 285 g/mol. The number of nitrogens with zero attached hydrogens (tertiary/aromatic N) is 3. The van der Waals surface area contributed by atoms with Crippen molar-refractivity contribution in [3.8, 4) is 5.82 Å². The van der Waals surface area contributed by atoms with Crippen LogP contribution in [0.4, 0.5) is 4.39 Å². The van der Waals surface area contributed by atoms with Gasteiger partial charge in [-0.2, -0.15) is 5.10 Å². The summed E-state index contributed by atoms with van der Waals surface area (Å²) < 4.78 is 16.9. The van der Waals surface area contributed by atoms with Crippen LogP contribution in [-0.4, -0.2) is 25.4 Å². The summed E-state index contributed by atoms with van der Waals surface area (Å²) in [4.78, 5) is 10.8. The summed E-state index contributed by atoms with van der Waals surface area (Å²) in [6.07, 6.45) is 4.42. The molecule has 0 bridgehead atoms. The Bertz CT molecular complexity index is 906. The molecule has 1 aromatic carbocycles. The lowest BCUT2D eigenvalue weighted by molar-refractivity contribution is -0.131. The molecule has 0 unspecified atom stereocenters. The summed E-state index contributed by atoms with van der Waals surface area (Å²) in [5.41, 5.74) is 2.26. The molecule has 0 atom stereocenters. The molecule has 3 rings (SSSR count). The maximum Gasteiger partial charge on any atom is 0.328 e. The lowest BCUT2D eigenvalue weighted by Gasteiger charge is -2.07. The normalized spacial score (nSPS) is 11.6. The molecular formula is C16H14FN3O2. The fraction of sp³-hybridized carbons (Fsp3) is 0.125. The zero-order valence-electron chi connectivity index (χ0n) is 12.1. The average Bonchev–Trinajstić information content (AvgIpc) is 2.96. The van der Waals surface area contributed by atoms with E-state index >= 15 is 0 Å². The zero-order valence-corrected chi connectivity index (χ0v) is 12.1. The maximum absolute atomic E-state index is 13.3. The Hall–Kier alpha value is -2.89. The van der Waals surface area contributed by atoms with E-state index in [0.29, 0.717) is 5.56 Å². The highest BCUT2D eigenvalue weighted by molar-refractivity contribution is 5.87. The Kier molecular flexibility index (Phi) is 3.29. The SMILES string of the molecule is Cc1nn(C)c(-n2ccc3cc(F)ccc32)c1/C=C/C(=O)O. The Labute approximate surface area is 125 Å². The zero-order chi connectivity index (χ0) is 15.9. The summed E-state index contributed by atoms with van der Waals surface area (Å²) in [7, 11) is 1.79. The van der Waals surface area contributed by atoms with Crippen molar-refractivity contribution in [1.29, 1.82) is 0 Å². The Morgan fingerprint density at radius 1 is 1.36 bits per heavy atom. The van der Waals surface area contributed by atoms with Crippen LogP contribution in [0.2, 0.25) is 0 Å². The van der Waals surface area contributed by atoms with Gasteiger partial charge in [0.05, 0.1) is 11.2 Å².